The lowest BCUT2D eigenvalue weighted by molar-refractivity contribution is -0.155. The molecule has 1 heterocycles. The number of benzene rings is 1. The second-order valence-electron chi connectivity index (χ2n) is 4.30. The van der Waals surface area contributed by atoms with Crippen LogP contribution in [0.2, 0.25) is 5.02 Å². The summed E-state index contributed by atoms with van der Waals surface area (Å²) in [4.78, 5) is 26.3. The van der Waals surface area contributed by atoms with Crippen molar-refractivity contribution in [1.82, 2.24) is 9.80 Å². The van der Waals surface area contributed by atoms with Crippen LogP contribution in [0.15, 0.2) is 18.2 Å². The average Bonchev–Trinajstić information content (AvgIpc) is 2.33. The van der Waals surface area contributed by atoms with Crippen LogP contribution in [0.5, 0.6) is 0 Å². The Bertz CT molecular complexity index is 504. The molecule has 1 aliphatic rings. The predicted octanol–water partition coefficient (Wildman–Crippen LogP) is 0.723. The van der Waals surface area contributed by atoms with E-state index in [1.54, 1.807) is 25.2 Å². The number of halogens is 1. The zero-order valence-electron chi connectivity index (χ0n) is 10.0. The fourth-order valence-electron chi connectivity index (χ4n) is 1.82. The number of carbonyl (C=O) groups excluding carboxylic acids is 2. The number of rotatable bonds is 2. The molecule has 0 bridgehead atoms. The molecule has 2 rings (SSSR count). The zero-order chi connectivity index (χ0) is 13.3. The van der Waals surface area contributed by atoms with Crippen molar-refractivity contribution < 1.29 is 9.59 Å². The number of likely N-dealkylation sites (N-methyl/N-ethyl adjacent to an activating group) is 1. The molecule has 5 nitrogen and oxygen atoms in total. The Kier molecular flexibility index (Phi) is 3.43. The molecule has 1 aromatic rings. The molecule has 0 saturated carbocycles. The lowest BCUT2D eigenvalue weighted by Gasteiger charge is -2.31. The largest absolute Gasteiger partial charge is 0.399 e. The van der Waals surface area contributed by atoms with Gasteiger partial charge in [-0.25, -0.2) is 0 Å². The summed E-state index contributed by atoms with van der Waals surface area (Å²) in [6.07, 6.45) is 0. The molecular weight excluding hydrogens is 254 g/mol. The number of piperazine rings is 1. The average molecular weight is 268 g/mol. The zero-order valence-corrected chi connectivity index (χ0v) is 10.8. The number of hydrogen-bond acceptors (Lipinski definition) is 3. The second-order valence-corrected chi connectivity index (χ2v) is 4.71. The van der Waals surface area contributed by atoms with Gasteiger partial charge in [-0.1, -0.05) is 17.7 Å². The van der Waals surface area contributed by atoms with Gasteiger partial charge in [0.1, 0.15) is 0 Å². The first kappa shape index (κ1) is 12.7. The van der Waals surface area contributed by atoms with Crippen molar-refractivity contribution in [3.63, 3.8) is 0 Å². The highest BCUT2D eigenvalue weighted by atomic mass is 35.5. The molecule has 0 radical (unpaired) electrons. The maximum absolute atomic E-state index is 11.8. The third kappa shape index (κ3) is 2.41. The Morgan fingerprint density at radius 2 is 2.00 bits per heavy atom. The van der Waals surface area contributed by atoms with E-state index < -0.39 is 11.8 Å². The molecule has 0 aromatic heterocycles. The van der Waals surface area contributed by atoms with Crippen LogP contribution in [0.4, 0.5) is 5.69 Å². The van der Waals surface area contributed by atoms with E-state index in [4.69, 9.17) is 17.3 Å². The summed E-state index contributed by atoms with van der Waals surface area (Å²) in [5.74, 6) is -0.968. The fourth-order valence-corrected chi connectivity index (χ4v) is 2.07. The van der Waals surface area contributed by atoms with Crippen LogP contribution >= 0.6 is 11.6 Å². The Labute approximate surface area is 110 Å². The lowest BCUT2D eigenvalue weighted by atomic mass is 10.1. The van der Waals surface area contributed by atoms with Gasteiger partial charge < -0.3 is 15.5 Å². The molecule has 1 aliphatic heterocycles. The van der Waals surface area contributed by atoms with Gasteiger partial charge in [0.2, 0.25) is 0 Å². The van der Waals surface area contributed by atoms with Crippen LogP contribution in [-0.4, -0.2) is 41.8 Å². The van der Waals surface area contributed by atoms with Crippen molar-refractivity contribution in [2.45, 2.75) is 6.54 Å². The van der Waals surface area contributed by atoms with Crippen molar-refractivity contribution >= 4 is 29.1 Å². The number of nitrogen functional groups attached to an aromatic ring is 1. The minimum absolute atomic E-state index is 0.331. The minimum Gasteiger partial charge on any atom is -0.399 e. The number of nitrogens with two attached hydrogens (primary N) is 1. The van der Waals surface area contributed by atoms with Crippen molar-refractivity contribution in [2.75, 3.05) is 25.9 Å². The Morgan fingerprint density at radius 3 is 2.67 bits per heavy atom. The molecule has 1 aromatic carbocycles. The SMILES string of the molecule is CN1CCN(Cc2ccc(N)cc2Cl)C(=O)C1=O. The highest BCUT2D eigenvalue weighted by Gasteiger charge is 2.30. The number of amides is 2. The summed E-state index contributed by atoms with van der Waals surface area (Å²) in [5, 5.41) is 0.508. The topological polar surface area (TPSA) is 66.6 Å². The van der Waals surface area contributed by atoms with Gasteiger partial charge in [0.25, 0.3) is 0 Å². The fraction of sp³-hybridized carbons (Fsp3) is 0.333. The van der Waals surface area contributed by atoms with Gasteiger partial charge in [-0.05, 0) is 17.7 Å². The summed E-state index contributed by atoms with van der Waals surface area (Å²) in [7, 11) is 1.62. The van der Waals surface area contributed by atoms with E-state index in [0.29, 0.717) is 30.3 Å². The third-order valence-electron chi connectivity index (χ3n) is 2.96. The normalized spacial score (nSPS) is 16.3. The Morgan fingerprint density at radius 1 is 1.28 bits per heavy atom. The molecule has 6 heteroatoms. The van der Waals surface area contributed by atoms with Crippen LogP contribution in [0.1, 0.15) is 5.56 Å². The van der Waals surface area contributed by atoms with E-state index >= 15 is 0 Å². The maximum Gasteiger partial charge on any atom is 0.312 e. The Hall–Kier alpha value is -1.75. The number of carbonyl (C=O) groups is 2. The molecule has 0 unspecified atom stereocenters. The van der Waals surface area contributed by atoms with Crippen molar-refractivity contribution in [3.05, 3.63) is 28.8 Å². The van der Waals surface area contributed by atoms with Gasteiger partial charge in [0, 0.05) is 37.4 Å². The molecule has 1 saturated heterocycles. The summed E-state index contributed by atoms with van der Waals surface area (Å²) in [5.41, 5.74) is 6.96. The highest BCUT2D eigenvalue weighted by molar-refractivity contribution is 6.35. The first-order valence-corrected chi connectivity index (χ1v) is 5.95. The van der Waals surface area contributed by atoms with Crippen LogP contribution in [0, 0.1) is 0 Å². The summed E-state index contributed by atoms with van der Waals surface area (Å²) < 4.78 is 0. The summed E-state index contributed by atoms with van der Waals surface area (Å²) in [6.45, 7) is 1.39. The van der Waals surface area contributed by atoms with Crippen LogP contribution in [0.3, 0.4) is 0 Å². The minimum atomic E-state index is -0.489. The van der Waals surface area contributed by atoms with Crippen molar-refractivity contribution in [2.24, 2.45) is 0 Å². The van der Waals surface area contributed by atoms with E-state index in [-0.39, 0.29) is 0 Å². The van der Waals surface area contributed by atoms with Crippen molar-refractivity contribution in [1.29, 1.82) is 0 Å². The quantitative estimate of drug-likeness (QED) is 0.634. The van der Waals surface area contributed by atoms with Gasteiger partial charge in [0.15, 0.2) is 0 Å². The first-order valence-electron chi connectivity index (χ1n) is 5.57. The smallest absolute Gasteiger partial charge is 0.312 e. The predicted molar refractivity (Wildman–Crippen MR) is 68.9 cm³/mol. The molecular formula is C12H14ClN3O2. The third-order valence-corrected chi connectivity index (χ3v) is 3.31. The summed E-state index contributed by atoms with van der Waals surface area (Å²) >= 11 is 6.05. The Balaban J connectivity index is 2.14. The van der Waals surface area contributed by atoms with E-state index in [1.807, 2.05) is 0 Å². The standard InChI is InChI=1S/C12H14ClN3O2/c1-15-4-5-16(12(18)11(15)17)7-8-2-3-9(14)6-10(8)13/h2-3,6H,4-5,7,14H2,1H3. The molecule has 18 heavy (non-hydrogen) atoms. The van der Waals surface area contributed by atoms with Crippen molar-refractivity contribution in [3.8, 4) is 0 Å². The number of anilines is 1. The van der Waals surface area contributed by atoms with Gasteiger partial charge >= 0.3 is 11.8 Å². The molecule has 96 valence electrons. The molecule has 0 aliphatic carbocycles. The maximum atomic E-state index is 11.8. The highest BCUT2D eigenvalue weighted by Crippen LogP contribution is 2.21. The van der Waals surface area contributed by atoms with Crippen LogP contribution < -0.4 is 5.73 Å². The molecule has 2 amide bonds. The first-order chi connectivity index (χ1) is 8.49. The van der Waals surface area contributed by atoms with Gasteiger partial charge in [-0.2, -0.15) is 0 Å². The molecule has 1 fully saturated rings. The lowest BCUT2D eigenvalue weighted by Crippen LogP contribution is -2.52. The van der Waals surface area contributed by atoms with Gasteiger partial charge in [0.05, 0.1) is 0 Å². The van der Waals surface area contributed by atoms with E-state index in [1.165, 1.54) is 9.80 Å². The van der Waals surface area contributed by atoms with Gasteiger partial charge in [-0.15, -0.1) is 0 Å². The van der Waals surface area contributed by atoms with E-state index in [0.717, 1.165) is 5.56 Å². The molecule has 0 spiro atoms. The summed E-state index contributed by atoms with van der Waals surface area (Å²) in [6, 6.07) is 5.14. The number of nitrogens with zero attached hydrogens (tertiary/aromatic N) is 2. The number of hydrogen-bond donors (Lipinski definition) is 1. The monoisotopic (exact) mass is 267 g/mol. The van der Waals surface area contributed by atoms with Gasteiger partial charge in [-0.3, -0.25) is 9.59 Å². The molecule has 2 N–H and O–H groups in total. The van der Waals surface area contributed by atoms with Crippen LogP contribution in [0.25, 0.3) is 0 Å². The second kappa shape index (κ2) is 4.86. The molecule has 0 atom stereocenters. The van der Waals surface area contributed by atoms with E-state index in [2.05, 4.69) is 0 Å². The van der Waals surface area contributed by atoms with Crippen LogP contribution in [-0.2, 0) is 16.1 Å². The van der Waals surface area contributed by atoms with E-state index in [9.17, 15) is 9.59 Å².